The van der Waals surface area contributed by atoms with Crippen molar-refractivity contribution in [3.05, 3.63) is 12.2 Å². The normalized spacial score (nSPS) is 24.0. The molecule has 120 valence electrons. The summed E-state index contributed by atoms with van der Waals surface area (Å²) in [6.07, 6.45) is 6.23. The Hall–Kier alpha value is -1.59. The van der Waals surface area contributed by atoms with E-state index < -0.39 is 5.60 Å². The van der Waals surface area contributed by atoms with E-state index in [1.54, 1.807) is 6.33 Å². The van der Waals surface area contributed by atoms with Crippen LogP contribution in [0.25, 0.3) is 0 Å². The molecule has 1 spiro atoms. The number of ether oxygens (including phenoxy) is 1. The lowest BCUT2D eigenvalue weighted by atomic mass is 9.61. The highest BCUT2D eigenvalue weighted by Gasteiger charge is 2.55. The lowest BCUT2D eigenvalue weighted by molar-refractivity contribution is -0.0933. The second-order valence-electron chi connectivity index (χ2n) is 8.24. The molecule has 2 aliphatic carbocycles. The van der Waals surface area contributed by atoms with E-state index in [0.717, 1.165) is 25.9 Å². The summed E-state index contributed by atoms with van der Waals surface area (Å²) in [5.74, 6) is 1.81. The Bertz CT molecular complexity index is 586. The van der Waals surface area contributed by atoms with Gasteiger partial charge < -0.3 is 9.64 Å². The molecule has 0 bridgehead atoms. The molecule has 0 N–H and O–H groups in total. The van der Waals surface area contributed by atoms with Gasteiger partial charge in [0, 0.05) is 24.4 Å². The fourth-order valence-corrected chi connectivity index (χ4v) is 3.76. The van der Waals surface area contributed by atoms with Crippen molar-refractivity contribution in [1.82, 2.24) is 19.7 Å². The molecule has 0 atom stereocenters. The summed E-state index contributed by atoms with van der Waals surface area (Å²) in [5.41, 5.74) is -0.115. The van der Waals surface area contributed by atoms with Gasteiger partial charge in [0.2, 0.25) is 0 Å². The van der Waals surface area contributed by atoms with Gasteiger partial charge in [-0.25, -0.2) is 14.5 Å². The van der Waals surface area contributed by atoms with Gasteiger partial charge in [-0.2, -0.15) is 5.10 Å². The van der Waals surface area contributed by atoms with Crippen molar-refractivity contribution in [2.24, 2.45) is 5.41 Å². The highest BCUT2D eigenvalue weighted by Crippen LogP contribution is 2.55. The zero-order valence-electron chi connectivity index (χ0n) is 13.6. The highest BCUT2D eigenvalue weighted by atomic mass is 16.6. The average Bonchev–Trinajstić information content (AvgIpc) is 3.03. The maximum Gasteiger partial charge on any atom is 0.410 e. The van der Waals surface area contributed by atoms with Crippen LogP contribution in [0.15, 0.2) is 6.33 Å². The number of nitrogens with zero attached hydrogens (tertiary/aromatic N) is 4. The number of amides is 1. The predicted octanol–water partition coefficient (Wildman–Crippen LogP) is 2.73. The molecule has 1 aromatic heterocycles. The molecule has 0 aromatic carbocycles. The van der Waals surface area contributed by atoms with Crippen molar-refractivity contribution in [2.45, 2.75) is 64.0 Å². The van der Waals surface area contributed by atoms with Crippen LogP contribution in [-0.2, 0) is 4.74 Å². The first kappa shape index (κ1) is 14.0. The van der Waals surface area contributed by atoms with Gasteiger partial charge in [0.1, 0.15) is 17.8 Å². The average molecular weight is 304 g/mol. The summed E-state index contributed by atoms with van der Waals surface area (Å²) >= 11 is 0. The maximum atomic E-state index is 12.0. The van der Waals surface area contributed by atoms with Gasteiger partial charge in [0.05, 0.1) is 6.04 Å². The second-order valence-corrected chi connectivity index (χ2v) is 8.24. The van der Waals surface area contributed by atoms with Gasteiger partial charge in [-0.1, -0.05) is 0 Å². The Kier molecular flexibility index (Phi) is 2.84. The van der Waals surface area contributed by atoms with Gasteiger partial charge in [-0.3, -0.25) is 0 Å². The minimum atomic E-state index is -0.415. The monoisotopic (exact) mass is 304 g/mol. The number of carbonyl (C=O) groups is 1. The number of hydrogen-bond acceptors (Lipinski definition) is 4. The van der Waals surface area contributed by atoms with Crippen molar-refractivity contribution < 1.29 is 9.53 Å². The Morgan fingerprint density at radius 3 is 2.59 bits per heavy atom. The smallest absolute Gasteiger partial charge is 0.410 e. The molecule has 1 amide bonds. The quantitative estimate of drug-likeness (QED) is 0.843. The lowest BCUT2D eigenvalue weighted by Gasteiger charge is -2.58. The summed E-state index contributed by atoms with van der Waals surface area (Å²) in [7, 11) is 0. The molecule has 1 aromatic rings. The molecule has 1 aliphatic heterocycles. The number of hydrogen-bond donors (Lipinski definition) is 0. The molecule has 0 radical (unpaired) electrons. The largest absolute Gasteiger partial charge is 0.444 e. The SMILES string of the molecule is CC(C)(C)OC(=O)N1CC2(CC(n3ncnc3C3CC3)C2)C1. The van der Waals surface area contributed by atoms with Gasteiger partial charge >= 0.3 is 6.09 Å². The molecular formula is C16H24N4O2. The molecular weight excluding hydrogens is 280 g/mol. The van der Waals surface area contributed by atoms with E-state index in [0.29, 0.717) is 17.4 Å². The zero-order valence-corrected chi connectivity index (χ0v) is 13.6. The molecule has 2 heterocycles. The van der Waals surface area contributed by atoms with E-state index in [1.165, 1.54) is 18.7 Å². The standard InChI is InChI=1S/C16H24N4O2/c1-15(2,3)22-14(21)19-8-16(9-19)6-12(7-16)20-13(11-4-5-11)17-10-18-20/h10-12H,4-9H2,1-3H3. The first-order chi connectivity index (χ1) is 10.4. The summed E-state index contributed by atoms with van der Waals surface area (Å²) in [6.45, 7) is 7.37. The third-order valence-electron chi connectivity index (χ3n) is 4.93. The van der Waals surface area contributed by atoms with E-state index in [4.69, 9.17) is 4.74 Å². The molecule has 6 nitrogen and oxygen atoms in total. The van der Waals surface area contributed by atoms with Crippen molar-refractivity contribution in [2.75, 3.05) is 13.1 Å². The summed E-state index contributed by atoms with van der Waals surface area (Å²) in [5, 5.41) is 4.43. The van der Waals surface area contributed by atoms with E-state index in [-0.39, 0.29) is 6.09 Å². The van der Waals surface area contributed by atoms with E-state index in [2.05, 4.69) is 14.8 Å². The summed E-state index contributed by atoms with van der Waals surface area (Å²) in [6, 6.07) is 0.471. The molecule has 22 heavy (non-hydrogen) atoms. The molecule has 4 rings (SSSR count). The van der Waals surface area contributed by atoms with Gasteiger partial charge in [-0.15, -0.1) is 0 Å². The first-order valence-electron chi connectivity index (χ1n) is 8.23. The molecule has 0 unspecified atom stereocenters. The van der Waals surface area contributed by atoms with Crippen molar-refractivity contribution in [1.29, 1.82) is 0 Å². The van der Waals surface area contributed by atoms with E-state index >= 15 is 0 Å². The zero-order chi connectivity index (χ0) is 15.5. The molecule has 2 saturated carbocycles. The van der Waals surface area contributed by atoms with Crippen LogP contribution < -0.4 is 0 Å². The third-order valence-corrected chi connectivity index (χ3v) is 4.93. The molecule has 3 aliphatic rings. The summed E-state index contributed by atoms with van der Waals surface area (Å²) in [4.78, 5) is 18.3. The van der Waals surface area contributed by atoms with Crippen LogP contribution in [0, 0.1) is 5.41 Å². The number of aromatic nitrogens is 3. The van der Waals surface area contributed by atoms with Crippen molar-refractivity contribution in [3.8, 4) is 0 Å². The van der Waals surface area contributed by atoms with Crippen molar-refractivity contribution in [3.63, 3.8) is 0 Å². The predicted molar refractivity (Wildman–Crippen MR) is 80.5 cm³/mol. The number of carbonyl (C=O) groups excluding carboxylic acids is 1. The van der Waals surface area contributed by atoms with Crippen LogP contribution in [0.2, 0.25) is 0 Å². The van der Waals surface area contributed by atoms with Crippen LogP contribution in [0.4, 0.5) is 4.79 Å². The molecule has 6 heteroatoms. The third kappa shape index (κ3) is 2.38. The van der Waals surface area contributed by atoms with E-state index in [1.807, 2.05) is 25.7 Å². The van der Waals surface area contributed by atoms with Crippen molar-refractivity contribution >= 4 is 6.09 Å². The van der Waals surface area contributed by atoms with Crippen LogP contribution in [0.5, 0.6) is 0 Å². The van der Waals surface area contributed by atoms with E-state index in [9.17, 15) is 4.79 Å². The van der Waals surface area contributed by atoms with Crippen LogP contribution >= 0.6 is 0 Å². The van der Waals surface area contributed by atoms with Gasteiger partial charge in [0.15, 0.2) is 0 Å². The van der Waals surface area contributed by atoms with Gasteiger partial charge in [-0.05, 0) is 46.5 Å². The molecule has 3 fully saturated rings. The minimum absolute atomic E-state index is 0.180. The van der Waals surface area contributed by atoms with Crippen LogP contribution in [0.1, 0.15) is 64.2 Å². The lowest BCUT2D eigenvalue weighted by Crippen LogP contribution is -2.64. The second kappa shape index (κ2) is 4.46. The van der Waals surface area contributed by atoms with Crippen LogP contribution in [-0.4, -0.2) is 44.4 Å². The first-order valence-corrected chi connectivity index (χ1v) is 8.23. The minimum Gasteiger partial charge on any atom is -0.444 e. The Labute approximate surface area is 130 Å². The Morgan fingerprint density at radius 2 is 2.00 bits per heavy atom. The highest BCUT2D eigenvalue weighted by molar-refractivity contribution is 5.69. The summed E-state index contributed by atoms with van der Waals surface area (Å²) < 4.78 is 7.56. The van der Waals surface area contributed by atoms with Crippen LogP contribution in [0.3, 0.4) is 0 Å². The maximum absolute atomic E-state index is 12.0. The topological polar surface area (TPSA) is 60.2 Å². The fourth-order valence-electron chi connectivity index (χ4n) is 3.76. The van der Waals surface area contributed by atoms with Gasteiger partial charge in [0.25, 0.3) is 0 Å². The number of rotatable bonds is 2. The Balaban J connectivity index is 1.31. The fraction of sp³-hybridized carbons (Fsp3) is 0.812. The Morgan fingerprint density at radius 1 is 1.32 bits per heavy atom. The molecule has 1 saturated heterocycles. The number of likely N-dealkylation sites (tertiary alicyclic amines) is 1.